The van der Waals surface area contributed by atoms with Gasteiger partial charge in [0.05, 0.1) is 6.61 Å². The van der Waals surface area contributed by atoms with Crippen molar-refractivity contribution >= 4 is 29.2 Å². The summed E-state index contributed by atoms with van der Waals surface area (Å²) in [6, 6.07) is 6.62. The van der Waals surface area contributed by atoms with Crippen LogP contribution in [0.15, 0.2) is 35.7 Å². The van der Waals surface area contributed by atoms with E-state index in [1.54, 1.807) is 52.0 Å². The first-order chi connectivity index (χ1) is 12.2. The molecule has 1 aromatic rings. The number of nitrogens with one attached hydrogen (secondary N) is 2. The Morgan fingerprint density at radius 1 is 1.15 bits per heavy atom. The Morgan fingerprint density at radius 2 is 1.77 bits per heavy atom. The molecule has 0 saturated heterocycles. The molecule has 26 heavy (non-hydrogen) atoms. The van der Waals surface area contributed by atoms with Crippen molar-refractivity contribution in [3.63, 3.8) is 0 Å². The van der Waals surface area contributed by atoms with Crippen LogP contribution >= 0.6 is 0 Å². The van der Waals surface area contributed by atoms with E-state index in [1.807, 2.05) is 0 Å². The van der Waals surface area contributed by atoms with Gasteiger partial charge in [0, 0.05) is 11.4 Å². The zero-order chi connectivity index (χ0) is 19.3. The molecular formula is C18H22N2O6. The third-order valence-corrected chi connectivity index (χ3v) is 3.12. The van der Waals surface area contributed by atoms with E-state index >= 15 is 0 Å². The second-order valence-corrected chi connectivity index (χ2v) is 6.47. The highest BCUT2D eigenvalue weighted by atomic mass is 16.6. The number of carbonyl (C=O) groups excluding carboxylic acids is 3. The summed E-state index contributed by atoms with van der Waals surface area (Å²) in [5.74, 6) is -1.10. The van der Waals surface area contributed by atoms with Crippen molar-refractivity contribution in [2.75, 3.05) is 23.8 Å². The van der Waals surface area contributed by atoms with Gasteiger partial charge in [0.15, 0.2) is 12.2 Å². The van der Waals surface area contributed by atoms with Crippen LogP contribution in [0.25, 0.3) is 0 Å². The van der Waals surface area contributed by atoms with Crippen molar-refractivity contribution in [1.82, 2.24) is 0 Å². The van der Waals surface area contributed by atoms with E-state index in [4.69, 9.17) is 14.2 Å². The van der Waals surface area contributed by atoms with E-state index in [2.05, 4.69) is 10.6 Å². The van der Waals surface area contributed by atoms with Crippen LogP contribution in [0, 0.1) is 0 Å². The van der Waals surface area contributed by atoms with Gasteiger partial charge in [-0.2, -0.15) is 0 Å². The Kier molecular flexibility index (Phi) is 5.86. The summed E-state index contributed by atoms with van der Waals surface area (Å²) >= 11 is 0. The number of benzene rings is 1. The van der Waals surface area contributed by atoms with E-state index in [0.717, 1.165) is 0 Å². The lowest BCUT2D eigenvalue weighted by Gasteiger charge is -2.19. The number of amides is 1. The van der Waals surface area contributed by atoms with E-state index in [-0.39, 0.29) is 24.7 Å². The minimum Gasteiger partial charge on any atom is -0.470 e. The minimum atomic E-state index is -0.722. The molecule has 0 atom stereocenters. The average Bonchev–Trinajstić information content (AvgIpc) is 2.88. The van der Waals surface area contributed by atoms with Gasteiger partial charge in [-0.1, -0.05) is 0 Å². The van der Waals surface area contributed by atoms with Crippen molar-refractivity contribution in [2.24, 2.45) is 0 Å². The Hall–Kier alpha value is -3.03. The quantitative estimate of drug-likeness (QED) is 0.613. The number of carbonyl (C=O) groups is 3. The van der Waals surface area contributed by atoms with Gasteiger partial charge in [-0.25, -0.2) is 9.59 Å². The lowest BCUT2D eigenvalue weighted by Crippen LogP contribution is -2.27. The van der Waals surface area contributed by atoms with Crippen molar-refractivity contribution in [1.29, 1.82) is 0 Å². The summed E-state index contributed by atoms with van der Waals surface area (Å²) < 4.78 is 15.3. The van der Waals surface area contributed by atoms with Gasteiger partial charge >= 0.3 is 12.1 Å². The maximum atomic E-state index is 11.9. The van der Waals surface area contributed by atoms with Crippen LogP contribution in [-0.2, 0) is 23.8 Å². The smallest absolute Gasteiger partial charge is 0.412 e. The summed E-state index contributed by atoms with van der Waals surface area (Å²) in [5.41, 5.74) is 0.385. The first kappa shape index (κ1) is 19.3. The lowest BCUT2D eigenvalue weighted by molar-refractivity contribution is -0.139. The molecule has 0 fully saturated rings. The number of hydrogen-bond acceptors (Lipinski definition) is 7. The van der Waals surface area contributed by atoms with Crippen molar-refractivity contribution in [3.8, 4) is 0 Å². The minimum absolute atomic E-state index is 0.0568. The fraction of sp³-hybridized carbons (Fsp3) is 0.389. The fourth-order valence-corrected chi connectivity index (χ4v) is 2.11. The van der Waals surface area contributed by atoms with E-state index in [1.165, 1.54) is 0 Å². The summed E-state index contributed by atoms with van der Waals surface area (Å²) in [4.78, 5) is 35.4. The molecule has 140 valence electrons. The van der Waals surface area contributed by atoms with Crippen molar-refractivity contribution in [3.05, 3.63) is 35.7 Å². The second kappa shape index (κ2) is 7.90. The molecule has 1 amide bonds. The molecule has 0 spiro atoms. The highest BCUT2D eigenvalue weighted by Crippen LogP contribution is 2.22. The molecule has 2 N–H and O–H groups in total. The SMILES string of the molecule is CCOC(=O)C1=C(Nc2ccc(NC(=O)OC(C)(C)C)cc2)OCC1=O. The zero-order valence-electron chi connectivity index (χ0n) is 15.2. The van der Waals surface area contributed by atoms with Crippen LogP contribution in [0.5, 0.6) is 0 Å². The predicted octanol–water partition coefficient (Wildman–Crippen LogP) is 2.82. The largest absolute Gasteiger partial charge is 0.470 e. The fourth-order valence-electron chi connectivity index (χ4n) is 2.11. The molecular weight excluding hydrogens is 340 g/mol. The second-order valence-electron chi connectivity index (χ2n) is 6.47. The molecule has 2 rings (SSSR count). The molecule has 0 aliphatic carbocycles. The topological polar surface area (TPSA) is 103 Å². The molecule has 8 heteroatoms. The van der Waals surface area contributed by atoms with E-state index < -0.39 is 23.4 Å². The molecule has 0 unspecified atom stereocenters. The van der Waals surface area contributed by atoms with Gasteiger partial charge in [-0.3, -0.25) is 10.1 Å². The lowest BCUT2D eigenvalue weighted by atomic mass is 10.2. The van der Waals surface area contributed by atoms with E-state index in [0.29, 0.717) is 11.4 Å². The number of rotatable bonds is 5. The normalized spacial score (nSPS) is 13.9. The average molecular weight is 362 g/mol. The third-order valence-electron chi connectivity index (χ3n) is 3.12. The standard InChI is InChI=1S/C18H22N2O6/c1-5-24-16(22)14-13(21)10-25-15(14)19-11-6-8-12(9-7-11)20-17(23)26-18(2,3)4/h6-9,19H,5,10H2,1-4H3,(H,20,23). The van der Waals surface area contributed by atoms with Crippen LogP contribution in [0.2, 0.25) is 0 Å². The summed E-state index contributed by atoms with van der Waals surface area (Å²) in [6.45, 7) is 6.93. The van der Waals surface area contributed by atoms with Crippen molar-refractivity contribution < 1.29 is 28.6 Å². The first-order valence-corrected chi connectivity index (χ1v) is 8.14. The number of hydrogen-bond donors (Lipinski definition) is 2. The van der Waals surface area contributed by atoms with E-state index in [9.17, 15) is 14.4 Å². The Bertz CT molecular complexity index is 731. The molecule has 1 aliphatic rings. The van der Waals surface area contributed by atoms with Gasteiger partial charge in [0.2, 0.25) is 11.7 Å². The summed E-state index contributed by atoms with van der Waals surface area (Å²) in [7, 11) is 0. The van der Waals surface area contributed by atoms with Gasteiger partial charge in [-0.05, 0) is 52.0 Å². The Labute approximate surface area is 151 Å². The molecule has 0 saturated carbocycles. The number of anilines is 2. The van der Waals surface area contributed by atoms with Gasteiger partial charge in [0.25, 0.3) is 0 Å². The maximum absolute atomic E-state index is 11.9. The zero-order valence-corrected chi connectivity index (χ0v) is 15.2. The highest BCUT2D eigenvalue weighted by molar-refractivity contribution is 6.19. The summed E-state index contributed by atoms with van der Waals surface area (Å²) in [5, 5.41) is 5.48. The van der Waals surface area contributed by atoms with Crippen LogP contribution in [-0.4, -0.2) is 36.7 Å². The number of ketones is 1. The highest BCUT2D eigenvalue weighted by Gasteiger charge is 2.32. The van der Waals surface area contributed by atoms with Gasteiger partial charge in [0.1, 0.15) is 5.60 Å². The Morgan fingerprint density at radius 3 is 2.35 bits per heavy atom. The molecule has 1 aromatic carbocycles. The third kappa shape index (κ3) is 5.23. The maximum Gasteiger partial charge on any atom is 0.412 e. The molecule has 1 heterocycles. The molecule has 1 aliphatic heterocycles. The van der Waals surface area contributed by atoms with Crippen molar-refractivity contribution in [2.45, 2.75) is 33.3 Å². The van der Waals surface area contributed by atoms with Gasteiger partial charge < -0.3 is 19.5 Å². The molecule has 8 nitrogen and oxygen atoms in total. The number of esters is 1. The van der Waals surface area contributed by atoms with Crippen LogP contribution in [0.1, 0.15) is 27.7 Å². The summed E-state index contributed by atoms with van der Waals surface area (Å²) in [6.07, 6.45) is -0.560. The van der Waals surface area contributed by atoms with Crippen LogP contribution in [0.3, 0.4) is 0 Å². The monoisotopic (exact) mass is 362 g/mol. The first-order valence-electron chi connectivity index (χ1n) is 8.14. The number of ether oxygens (including phenoxy) is 3. The molecule has 0 aromatic heterocycles. The van der Waals surface area contributed by atoms with Gasteiger partial charge in [-0.15, -0.1) is 0 Å². The van der Waals surface area contributed by atoms with Crippen LogP contribution < -0.4 is 10.6 Å². The molecule has 0 bridgehead atoms. The number of Topliss-reactive ketones (excluding diaryl/α,β-unsaturated/α-hetero) is 1. The predicted molar refractivity (Wildman–Crippen MR) is 94.5 cm³/mol. The Balaban J connectivity index is 2.05. The molecule has 0 radical (unpaired) electrons. The van der Waals surface area contributed by atoms with Crippen LogP contribution in [0.4, 0.5) is 16.2 Å².